The Morgan fingerprint density at radius 3 is 2.73 bits per heavy atom. The minimum Gasteiger partial charge on any atom is -0.298 e. The van der Waals surface area contributed by atoms with Crippen LogP contribution >= 0.6 is 15.9 Å². The average Bonchev–Trinajstić information content (AvgIpc) is 2.60. The molecular formula is C10H6BrFN2O. The molecule has 3 nitrogen and oxygen atoms in total. The Hall–Kier alpha value is -1.49. The van der Waals surface area contributed by atoms with Crippen LogP contribution in [-0.2, 0) is 0 Å². The zero-order valence-electron chi connectivity index (χ0n) is 7.52. The van der Waals surface area contributed by atoms with Crippen molar-refractivity contribution in [3.63, 3.8) is 0 Å². The molecule has 0 atom stereocenters. The molecule has 0 unspecified atom stereocenters. The molecule has 1 aromatic carbocycles. The molecule has 15 heavy (non-hydrogen) atoms. The van der Waals surface area contributed by atoms with Gasteiger partial charge in [0.05, 0.1) is 17.4 Å². The minimum atomic E-state index is -0.656. The summed E-state index contributed by atoms with van der Waals surface area (Å²) in [5.74, 6) is -0.656. The second kappa shape index (κ2) is 3.94. The number of aromatic nitrogens is 2. The summed E-state index contributed by atoms with van der Waals surface area (Å²) in [5.41, 5.74) is 0.508. The quantitative estimate of drug-likeness (QED) is 0.785. The van der Waals surface area contributed by atoms with Crippen molar-refractivity contribution in [1.29, 1.82) is 0 Å². The van der Waals surface area contributed by atoms with Crippen LogP contribution in [0.4, 0.5) is 4.39 Å². The maximum atomic E-state index is 13.5. The number of hydrogen-bond donors (Lipinski definition) is 0. The molecule has 0 aliphatic heterocycles. The number of carbonyl (C=O) groups is 1. The fourth-order valence-corrected chi connectivity index (χ4v) is 1.67. The van der Waals surface area contributed by atoms with Gasteiger partial charge < -0.3 is 0 Å². The third-order valence-corrected chi connectivity index (χ3v) is 2.61. The summed E-state index contributed by atoms with van der Waals surface area (Å²) in [6.45, 7) is 0. The van der Waals surface area contributed by atoms with E-state index < -0.39 is 5.95 Å². The Morgan fingerprint density at radius 2 is 2.13 bits per heavy atom. The number of rotatable bonds is 2. The van der Waals surface area contributed by atoms with Gasteiger partial charge in [0.1, 0.15) is 0 Å². The highest BCUT2D eigenvalue weighted by atomic mass is 79.9. The van der Waals surface area contributed by atoms with Gasteiger partial charge in [0.25, 0.3) is 0 Å². The van der Waals surface area contributed by atoms with Gasteiger partial charge in [-0.1, -0.05) is 12.1 Å². The highest BCUT2D eigenvalue weighted by Gasteiger charge is 2.12. The van der Waals surface area contributed by atoms with Gasteiger partial charge in [-0.2, -0.15) is 9.49 Å². The van der Waals surface area contributed by atoms with Gasteiger partial charge >= 0.3 is 0 Å². The first-order chi connectivity index (χ1) is 7.24. The molecule has 0 aliphatic carbocycles. The molecule has 0 bridgehead atoms. The molecule has 0 saturated carbocycles. The predicted molar refractivity (Wildman–Crippen MR) is 56.6 cm³/mol. The van der Waals surface area contributed by atoms with Crippen molar-refractivity contribution in [2.45, 2.75) is 0 Å². The number of nitrogens with zero attached hydrogens (tertiary/aromatic N) is 2. The molecule has 0 spiro atoms. The van der Waals surface area contributed by atoms with Gasteiger partial charge in [-0.25, -0.2) is 4.68 Å². The zero-order chi connectivity index (χ0) is 10.8. The van der Waals surface area contributed by atoms with Crippen LogP contribution in [0.2, 0.25) is 0 Å². The standard InChI is InChI=1S/C10H6BrFN2O/c11-8-3-1-2-4-9(8)14-10(12)7(6-15)5-13-14/h1-6H. The summed E-state index contributed by atoms with van der Waals surface area (Å²) >= 11 is 3.28. The highest BCUT2D eigenvalue weighted by molar-refractivity contribution is 9.10. The number of carbonyl (C=O) groups excluding carboxylic acids is 1. The van der Waals surface area contributed by atoms with Crippen molar-refractivity contribution in [2.24, 2.45) is 0 Å². The second-order valence-electron chi connectivity index (χ2n) is 2.87. The van der Waals surface area contributed by atoms with Crippen molar-refractivity contribution in [1.82, 2.24) is 9.78 Å². The van der Waals surface area contributed by atoms with Gasteiger partial charge in [-0.05, 0) is 28.1 Å². The number of benzene rings is 1. The van der Waals surface area contributed by atoms with E-state index in [-0.39, 0.29) is 5.56 Å². The summed E-state index contributed by atoms with van der Waals surface area (Å²) in [6.07, 6.45) is 1.64. The minimum absolute atomic E-state index is 0.0502. The lowest BCUT2D eigenvalue weighted by molar-refractivity contribution is 0.111. The predicted octanol–water partition coefficient (Wildman–Crippen LogP) is 2.59. The lowest BCUT2D eigenvalue weighted by atomic mass is 10.3. The highest BCUT2D eigenvalue weighted by Crippen LogP contribution is 2.21. The number of para-hydroxylation sites is 1. The average molecular weight is 269 g/mol. The number of halogens is 2. The third-order valence-electron chi connectivity index (χ3n) is 1.94. The molecule has 2 rings (SSSR count). The largest absolute Gasteiger partial charge is 0.298 e. The van der Waals surface area contributed by atoms with E-state index in [1.807, 2.05) is 6.07 Å². The lowest BCUT2D eigenvalue weighted by Gasteiger charge is -2.03. The molecule has 0 N–H and O–H groups in total. The molecule has 0 fully saturated rings. The van der Waals surface area contributed by atoms with Crippen molar-refractivity contribution < 1.29 is 9.18 Å². The van der Waals surface area contributed by atoms with Crippen LogP contribution in [0, 0.1) is 5.95 Å². The summed E-state index contributed by atoms with van der Waals surface area (Å²) in [5, 5.41) is 3.80. The Balaban J connectivity index is 2.59. The van der Waals surface area contributed by atoms with Gasteiger partial charge in [0, 0.05) is 4.47 Å². The van der Waals surface area contributed by atoms with E-state index in [9.17, 15) is 9.18 Å². The Kier molecular flexibility index (Phi) is 2.64. The molecule has 1 heterocycles. The van der Waals surface area contributed by atoms with Crippen LogP contribution in [0.5, 0.6) is 0 Å². The topological polar surface area (TPSA) is 34.9 Å². The molecule has 0 radical (unpaired) electrons. The van der Waals surface area contributed by atoms with E-state index in [0.29, 0.717) is 16.4 Å². The summed E-state index contributed by atoms with van der Waals surface area (Å²) in [7, 11) is 0. The van der Waals surface area contributed by atoms with E-state index >= 15 is 0 Å². The van der Waals surface area contributed by atoms with Crippen molar-refractivity contribution >= 4 is 22.2 Å². The van der Waals surface area contributed by atoms with Crippen LogP contribution in [0.3, 0.4) is 0 Å². The fourth-order valence-electron chi connectivity index (χ4n) is 1.22. The Labute approximate surface area is 93.7 Å². The number of aldehydes is 1. The van der Waals surface area contributed by atoms with Crippen LogP contribution in [-0.4, -0.2) is 16.1 Å². The summed E-state index contributed by atoms with van der Waals surface area (Å²) in [6, 6.07) is 7.06. The van der Waals surface area contributed by atoms with Crippen LogP contribution in [0.25, 0.3) is 5.69 Å². The molecule has 0 saturated heterocycles. The molecule has 1 aromatic heterocycles. The van der Waals surface area contributed by atoms with Crippen molar-refractivity contribution in [3.05, 3.63) is 46.4 Å². The maximum absolute atomic E-state index is 13.5. The molecular weight excluding hydrogens is 263 g/mol. The Bertz CT molecular complexity index is 510. The summed E-state index contributed by atoms with van der Waals surface area (Å²) in [4.78, 5) is 10.5. The fraction of sp³-hybridized carbons (Fsp3) is 0. The smallest absolute Gasteiger partial charge is 0.226 e. The SMILES string of the molecule is O=Cc1cnn(-c2ccccc2Br)c1F. The van der Waals surface area contributed by atoms with Crippen LogP contribution in [0.1, 0.15) is 10.4 Å². The van der Waals surface area contributed by atoms with E-state index in [4.69, 9.17) is 0 Å². The zero-order valence-corrected chi connectivity index (χ0v) is 9.11. The third kappa shape index (κ3) is 1.70. The van der Waals surface area contributed by atoms with Crippen molar-refractivity contribution in [3.8, 4) is 5.69 Å². The summed E-state index contributed by atoms with van der Waals surface area (Å²) < 4.78 is 15.3. The number of hydrogen-bond acceptors (Lipinski definition) is 2. The van der Waals surface area contributed by atoms with Crippen LogP contribution < -0.4 is 0 Å². The van der Waals surface area contributed by atoms with Gasteiger partial charge in [0.15, 0.2) is 6.29 Å². The first kappa shape index (κ1) is 10.0. The maximum Gasteiger partial charge on any atom is 0.226 e. The lowest BCUT2D eigenvalue weighted by Crippen LogP contribution is -2.01. The van der Waals surface area contributed by atoms with Crippen LogP contribution in [0.15, 0.2) is 34.9 Å². The molecule has 5 heteroatoms. The van der Waals surface area contributed by atoms with E-state index in [0.717, 1.165) is 4.68 Å². The Morgan fingerprint density at radius 1 is 1.40 bits per heavy atom. The first-order valence-electron chi connectivity index (χ1n) is 4.17. The van der Waals surface area contributed by atoms with Gasteiger partial charge in [-0.15, -0.1) is 0 Å². The first-order valence-corrected chi connectivity index (χ1v) is 4.97. The van der Waals surface area contributed by atoms with E-state index in [1.54, 1.807) is 18.2 Å². The molecule has 0 amide bonds. The monoisotopic (exact) mass is 268 g/mol. The normalized spacial score (nSPS) is 10.3. The molecule has 76 valence electrons. The van der Waals surface area contributed by atoms with Gasteiger partial charge in [-0.3, -0.25) is 4.79 Å². The van der Waals surface area contributed by atoms with Gasteiger partial charge in [0.2, 0.25) is 5.95 Å². The van der Waals surface area contributed by atoms with Crippen molar-refractivity contribution in [2.75, 3.05) is 0 Å². The molecule has 2 aromatic rings. The van der Waals surface area contributed by atoms with E-state index in [1.165, 1.54) is 6.20 Å². The second-order valence-corrected chi connectivity index (χ2v) is 3.73. The van der Waals surface area contributed by atoms with E-state index in [2.05, 4.69) is 21.0 Å². The molecule has 0 aliphatic rings.